The summed E-state index contributed by atoms with van der Waals surface area (Å²) in [6.07, 6.45) is 5.47. The molecular formula is C22H20ClN5O. The Balaban J connectivity index is 1.70. The van der Waals surface area contributed by atoms with E-state index in [9.17, 15) is 0 Å². The Kier molecular flexibility index (Phi) is 5.44. The minimum absolute atomic E-state index is 0.532. The van der Waals surface area contributed by atoms with E-state index in [2.05, 4.69) is 15.3 Å². The van der Waals surface area contributed by atoms with Gasteiger partial charge in [-0.05, 0) is 35.4 Å². The predicted octanol–water partition coefficient (Wildman–Crippen LogP) is 4.82. The Bertz CT molecular complexity index is 1120. The van der Waals surface area contributed by atoms with Gasteiger partial charge >= 0.3 is 0 Å². The highest BCUT2D eigenvalue weighted by atomic mass is 35.5. The van der Waals surface area contributed by atoms with Crippen LogP contribution in [0.3, 0.4) is 0 Å². The first kappa shape index (κ1) is 19.0. The lowest BCUT2D eigenvalue weighted by Crippen LogP contribution is -2.06. The molecule has 2 aromatic heterocycles. The van der Waals surface area contributed by atoms with Crippen LogP contribution in [0.25, 0.3) is 22.6 Å². The maximum absolute atomic E-state index is 5.96. The molecule has 29 heavy (non-hydrogen) atoms. The molecule has 0 unspecified atom stereocenters. The first-order valence-electron chi connectivity index (χ1n) is 9.11. The molecule has 0 amide bonds. The van der Waals surface area contributed by atoms with E-state index in [0.29, 0.717) is 17.5 Å². The zero-order valence-electron chi connectivity index (χ0n) is 16.1. The molecule has 4 rings (SSSR count). The number of ether oxygens (including phenoxy) is 1. The molecule has 0 aliphatic rings. The van der Waals surface area contributed by atoms with E-state index in [1.54, 1.807) is 13.3 Å². The lowest BCUT2D eigenvalue weighted by molar-refractivity contribution is 0.415. The number of hydrogen-bond acceptors (Lipinski definition) is 5. The van der Waals surface area contributed by atoms with Crippen LogP contribution in [0, 0.1) is 0 Å². The Morgan fingerprint density at radius 1 is 1.10 bits per heavy atom. The zero-order valence-corrected chi connectivity index (χ0v) is 16.9. The van der Waals surface area contributed by atoms with Crippen molar-refractivity contribution in [2.75, 3.05) is 12.4 Å². The number of anilines is 1. The molecule has 0 aliphatic carbocycles. The van der Waals surface area contributed by atoms with Crippen LogP contribution in [0.4, 0.5) is 5.95 Å². The summed E-state index contributed by atoms with van der Waals surface area (Å²) in [7, 11) is 3.60. The summed E-state index contributed by atoms with van der Waals surface area (Å²) in [5, 5.41) is 3.99. The molecule has 0 saturated heterocycles. The van der Waals surface area contributed by atoms with Crippen molar-refractivity contribution >= 4 is 17.5 Å². The van der Waals surface area contributed by atoms with Gasteiger partial charge in [0.15, 0.2) is 5.82 Å². The molecule has 2 aromatic carbocycles. The normalized spacial score (nSPS) is 10.7. The zero-order chi connectivity index (χ0) is 20.2. The third kappa shape index (κ3) is 4.22. The number of aromatic nitrogens is 4. The van der Waals surface area contributed by atoms with Gasteiger partial charge in [-0.1, -0.05) is 35.9 Å². The molecule has 0 bridgehead atoms. The molecule has 0 aliphatic heterocycles. The van der Waals surface area contributed by atoms with Crippen LogP contribution in [-0.4, -0.2) is 26.6 Å². The summed E-state index contributed by atoms with van der Waals surface area (Å²) >= 11 is 5.96. The molecular weight excluding hydrogens is 386 g/mol. The van der Waals surface area contributed by atoms with E-state index in [0.717, 1.165) is 34.0 Å². The van der Waals surface area contributed by atoms with Gasteiger partial charge < -0.3 is 14.6 Å². The van der Waals surface area contributed by atoms with Gasteiger partial charge in [0.1, 0.15) is 11.4 Å². The van der Waals surface area contributed by atoms with Crippen molar-refractivity contribution in [3.8, 4) is 28.4 Å². The standard InChI is InChI=1S/C22H20ClN5O/c1-28-11-10-24-21(28)20-19(16-4-3-5-18(12-16)29-2)14-26-22(27-20)25-13-15-6-8-17(23)9-7-15/h3-12,14H,13H2,1-2H3,(H,25,26,27). The van der Waals surface area contributed by atoms with E-state index in [-0.39, 0.29) is 0 Å². The SMILES string of the molecule is COc1cccc(-c2cnc(NCc3ccc(Cl)cc3)nc2-c2nccn2C)c1. The number of halogens is 1. The van der Waals surface area contributed by atoms with Gasteiger partial charge in [0, 0.05) is 42.8 Å². The smallest absolute Gasteiger partial charge is 0.223 e. The van der Waals surface area contributed by atoms with E-state index >= 15 is 0 Å². The summed E-state index contributed by atoms with van der Waals surface area (Å²) in [6, 6.07) is 15.5. The van der Waals surface area contributed by atoms with E-state index in [1.165, 1.54) is 0 Å². The second-order valence-electron chi connectivity index (χ2n) is 6.53. The largest absolute Gasteiger partial charge is 0.497 e. The first-order valence-corrected chi connectivity index (χ1v) is 9.49. The minimum atomic E-state index is 0.532. The fourth-order valence-corrected chi connectivity index (χ4v) is 3.14. The molecule has 4 aromatic rings. The topological polar surface area (TPSA) is 64.9 Å². The predicted molar refractivity (Wildman–Crippen MR) is 115 cm³/mol. The molecule has 0 fully saturated rings. The molecule has 0 radical (unpaired) electrons. The van der Waals surface area contributed by atoms with Crippen molar-refractivity contribution in [1.29, 1.82) is 0 Å². The van der Waals surface area contributed by atoms with Gasteiger partial charge in [-0.2, -0.15) is 0 Å². The number of nitrogens with one attached hydrogen (secondary N) is 1. The lowest BCUT2D eigenvalue weighted by Gasteiger charge is -2.12. The van der Waals surface area contributed by atoms with Crippen LogP contribution < -0.4 is 10.1 Å². The summed E-state index contributed by atoms with van der Waals surface area (Å²) < 4.78 is 7.31. The van der Waals surface area contributed by atoms with Crippen LogP contribution in [0.1, 0.15) is 5.56 Å². The van der Waals surface area contributed by atoms with Crippen molar-refractivity contribution in [2.45, 2.75) is 6.54 Å². The van der Waals surface area contributed by atoms with Crippen molar-refractivity contribution in [1.82, 2.24) is 19.5 Å². The van der Waals surface area contributed by atoms with Gasteiger partial charge in [-0.15, -0.1) is 0 Å². The number of rotatable bonds is 6. The summed E-state index contributed by atoms with van der Waals surface area (Å²) in [4.78, 5) is 13.8. The number of benzene rings is 2. The fourth-order valence-electron chi connectivity index (χ4n) is 3.02. The third-order valence-corrected chi connectivity index (χ3v) is 4.82. The molecule has 0 spiro atoms. The monoisotopic (exact) mass is 405 g/mol. The highest BCUT2D eigenvalue weighted by Crippen LogP contribution is 2.31. The van der Waals surface area contributed by atoms with Gasteiger partial charge in [-0.25, -0.2) is 15.0 Å². The van der Waals surface area contributed by atoms with Crippen LogP contribution >= 0.6 is 11.6 Å². The quantitative estimate of drug-likeness (QED) is 0.498. The Labute approximate surface area is 174 Å². The van der Waals surface area contributed by atoms with Crippen LogP contribution in [-0.2, 0) is 13.6 Å². The maximum Gasteiger partial charge on any atom is 0.223 e. The average Bonchev–Trinajstić information content (AvgIpc) is 3.19. The number of methoxy groups -OCH3 is 1. The summed E-state index contributed by atoms with van der Waals surface area (Å²) in [6.45, 7) is 0.593. The maximum atomic E-state index is 5.96. The molecule has 1 N–H and O–H groups in total. The second-order valence-corrected chi connectivity index (χ2v) is 6.97. The van der Waals surface area contributed by atoms with Gasteiger partial charge in [0.2, 0.25) is 5.95 Å². The van der Waals surface area contributed by atoms with Crippen LogP contribution in [0.15, 0.2) is 67.1 Å². The highest BCUT2D eigenvalue weighted by molar-refractivity contribution is 6.30. The van der Waals surface area contributed by atoms with Gasteiger partial charge in [0.25, 0.3) is 0 Å². The van der Waals surface area contributed by atoms with Crippen LogP contribution in [0.5, 0.6) is 5.75 Å². The average molecular weight is 406 g/mol. The van der Waals surface area contributed by atoms with Crippen molar-refractivity contribution < 1.29 is 4.74 Å². The third-order valence-electron chi connectivity index (χ3n) is 4.57. The van der Waals surface area contributed by atoms with Crippen molar-refractivity contribution in [2.24, 2.45) is 7.05 Å². The first-order chi connectivity index (χ1) is 14.1. The molecule has 0 atom stereocenters. The second kappa shape index (κ2) is 8.32. The van der Waals surface area contributed by atoms with Gasteiger partial charge in [0.05, 0.1) is 7.11 Å². The number of aryl methyl sites for hydroxylation is 1. The Hall–Kier alpha value is -3.38. The molecule has 2 heterocycles. The van der Waals surface area contributed by atoms with E-state index < -0.39 is 0 Å². The van der Waals surface area contributed by atoms with Crippen molar-refractivity contribution in [3.05, 3.63) is 77.7 Å². The lowest BCUT2D eigenvalue weighted by atomic mass is 10.0. The Morgan fingerprint density at radius 3 is 2.66 bits per heavy atom. The van der Waals surface area contributed by atoms with Crippen molar-refractivity contribution in [3.63, 3.8) is 0 Å². The molecule has 0 saturated carbocycles. The highest BCUT2D eigenvalue weighted by Gasteiger charge is 2.15. The molecule has 146 valence electrons. The fraction of sp³-hybridized carbons (Fsp3) is 0.136. The van der Waals surface area contributed by atoms with Crippen LogP contribution in [0.2, 0.25) is 5.02 Å². The van der Waals surface area contributed by atoms with E-state index in [4.69, 9.17) is 21.3 Å². The summed E-state index contributed by atoms with van der Waals surface area (Å²) in [5.41, 5.74) is 3.69. The minimum Gasteiger partial charge on any atom is -0.497 e. The van der Waals surface area contributed by atoms with E-state index in [1.807, 2.05) is 72.5 Å². The summed E-state index contributed by atoms with van der Waals surface area (Å²) in [5.74, 6) is 2.07. The number of hydrogen-bond donors (Lipinski definition) is 1. The number of imidazole rings is 1. The van der Waals surface area contributed by atoms with Gasteiger partial charge in [-0.3, -0.25) is 0 Å². The molecule has 6 nitrogen and oxygen atoms in total. The Morgan fingerprint density at radius 2 is 1.93 bits per heavy atom. The number of nitrogens with zero attached hydrogens (tertiary/aromatic N) is 4. The molecule has 7 heteroatoms.